The summed E-state index contributed by atoms with van der Waals surface area (Å²) in [4.78, 5) is 24.5. The van der Waals surface area contributed by atoms with Gasteiger partial charge in [0.2, 0.25) is 11.8 Å². The van der Waals surface area contributed by atoms with E-state index in [1.165, 1.54) is 5.56 Å². The zero-order valence-corrected chi connectivity index (χ0v) is 15.2. The Hall–Kier alpha value is -2.04. The highest BCUT2D eigenvalue weighted by atomic mass is 35.5. The number of carbonyl (C=O) groups excluding carboxylic acids is 2. The van der Waals surface area contributed by atoms with Gasteiger partial charge in [0.15, 0.2) is 0 Å². The third-order valence-corrected chi connectivity index (χ3v) is 5.08. The third-order valence-electron chi connectivity index (χ3n) is 4.26. The van der Waals surface area contributed by atoms with Crippen molar-refractivity contribution >= 4 is 40.7 Å². The lowest BCUT2D eigenvalue weighted by molar-refractivity contribution is -0.125. The van der Waals surface area contributed by atoms with Gasteiger partial charge in [0.05, 0.1) is 27.6 Å². The molecular formula is C19H18Cl2N2O2. The molecule has 1 saturated carbocycles. The Morgan fingerprint density at radius 2 is 1.72 bits per heavy atom. The first-order valence-corrected chi connectivity index (χ1v) is 8.79. The van der Waals surface area contributed by atoms with Crippen molar-refractivity contribution < 1.29 is 9.59 Å². The molecule has 0 aromatic heterocycles. The Labute approximate surface area is 156 Å². The van der Waals surface area contributed by atoms with Gasteiger partial charge in [-0.05, 0) is 31.0 Å². The van der Waals surface area contributed by atoms with Crippen LogP contribution in [0.4, 0.5) is 5.69 Å². The summed E-state index contributed by atoms with van der Waals surface area (Å²) < 4.78 is 0. The van der Waals surface area contributed by atoms with E-state index in [9.17, 15) is 9.59 Å². The van der Waals surface area contributed by atoms with Gasteiger partial charge < -0.3 is 10.6 Å². The van der Waals surface area contributed by atoms with Crippen LogP contribution in [0.15, 0.2) is 42.5 Å². The molecule has 0 bridgehead atoms. The van der Waals surface area contributed by atoms with E-state index in [0.29, 0.717) is 28.7 Å². The fourth-order valence-electron chi connectivity index (χ4n) is 2.63. The summed E-state index contributed by atoms with van der Waals surface area (Å²) in [5.41, 5.74) is 2.67. The van der Waals surface area contributed by atoms with Crippen molar-refractivity contribution in [2.24, 2.45) is 11.8 Å². The third kappa shape index (κ3) is 4.33. The molecule has 1 aliphatic rings. The molecule has 2 aromatic carbocycles. The van der Waals surface area contributed by atoms with Crippen molar-refractivity contribution in [1.82, 2.24) is 5.32 Å². The number of nitrogens with one attached hydrogen (secondary N) is 2. The molecule has 1 fully saturated rings. The first-order valence-electron chi connectivity index (χ1n) is 8.04. The second-order valence-corrected chi connectivity index (χ2v) is 7.03. The minimum Gasteiger partial charge on any atom is -0.352 e. The largest absolute Gasteiger partial charge is 0.352 e. The number of anilines is 1. The maximum absolute atomic E-state index is 12.3. The molecule has 6 heteroatoms. The van der Waals surface area contributed by atoms with Crippen LogP contribution in [0, 0.1) is 18.8 Å². The van der Waals surface area contributed by atoms with Gasteiger partial charge in [-0.25, -0.2) is 0 Å². The Kier molecular flexibility index (Phi) is 5.30. The number of aryl methyl sites for hydroxylation is 1. The zero-order valence-electron chi connectivity index (χ0n) is 13.7. The van der Waals surface area contributed by atoms with E-state index >= 15 is 0 Å². The van der Waals surface area contributed by atoms with E-state index in [4.69, 9.17) is 23.2 Å². The lowest BCUT2D eigenvalue weighted by Gasteiger charge is -2.08. The number of amides is 2. The lowest BCUT2D eigenvalue weighted by Crippen LogP contribution is -2.27. The van der Waals surface area contributed by atoms with E-state index in [1.54, 1.807) is 18.2 Å². The van der Waals surface area contributed by atoms with Crippen LogP contribution in [0.3, 0.4) is 0 Å². The molecule has 2 N–H and O–H groups in total. The summed E-state index contributed by atoms with van der Waals surface area (Å²) in [5, 5.41) is 6.31. The smallest absolute Gasteiger partial charge is 0.228 e. The number of carbonyl (C=O) groups is 2. The van der Waals surface area contributed by atoms with E-state index in [0.717, 1.165) is 5.56 Å². The van der Waals surface area contributed by atoms with E-state index in [2.05, 4.69) is 10.6 Å². The van der Waals surface area contributed by atoms with Gasteiger partial charge in [-0.3, -0.25) is 9.59 Å². The number of hydrogen-bond donors (Lipinski definition) is 2. The van der Waals surface area contributed by atoms with Crippen LogP contribution in [0.5, 0.6) is 0 Å². The number of rotatable bonds is 5. The molecule has 2 amide bonds. The first-order chi connectivity index (χ1) is 12.0. The molecule has 3 rings (SSSR count). The van der Waals surface area contributed by atoms with Gasteiger partial charge in [0.25, 0.3) is 0 Å². The normalized spacial score (nSPS) is 18.5. The number of benzene rings is 2. The molecule has 130 valence electrons. The Morgan fingerprint density at radius 3 is 2.44 bits per heavy atom. The second kappa shape index (κ2) is 7.46. The maximum atomic E-state index is 12.3. The molecule has 0 heterocycles. The molecule has 0 aliphatic heterocycles. The zero-order chi connectivity index (χ0) is 18.0. The standard InChI is InChI=1S/C19H18Cl2N2O2/c1-11-5-7-12(8-6-11)10-22-18(24)13-9-14(13)19(25)23-16-4-2-3-15(20)17(16)21/h2-8,13-14H,9-10H2,1H3,(H,22,24)(H,23,25). The average Bonchev–Trinajstić information content (AvgIpc) is 3.39. The topological polar surface area (TPSA) is 58.2 Å². The predicted molar refractivity (Wildman–Crippen MR) is 99.7 cm³/mol. The summed E-state index contributed by atoms with van der Waals surface area (Å²) in [6, 6.07) is 13.0. The van der Waals surface area contributed by atoms with Crippen LogP contribution in [0.2, 0.25) is 10.0 Å². The summed E-state index contributed by atoms with van der Waals surface area (Å²) in [5.74, 6) is -0.922. The average molecular weight is 377 g/mol. The van der Waals surface area contributed by atoms with Gasteiger partial charge >= 0.3 is 0 Å². The van der Waals surface area contributed by atoms with E-state index in [-0.39, 0.29) is 23.7 Å². The molecule has 2 atom stereocenters. The molecule has 25 heavy (non-hydrogen) atoms. The van der Waals surface area contributed by atoms with Gasteiger partial charge in [-0.1, -0.05) is 59.1 Å². The first kappa shape index (κ1) is 17.8. The second-order valence-electron chi connectivity index (χ2n) is 6.24. The summed E-state index contributed by atoms with van der Waals surface area (Å²) in [7, 11) is 0. The van der Waals surface area contributed by atoms with Crippen molar-refractivity contribution in [3.8, 4) is 0 Å². The van der Waals surface area contributed by atoms with Crippen LogP contribution in [0.25, 0.3) is 0 Å². The summed E-state index contributed by atoms with van der Waals surface area (Å²) >= 11 is 12.0. The fraction of sp³-hybridized carbons (Fsp3) is 0.263. The number of halogens is 2. The highest BCUT2D eigenvalue weighted by molar-refractivity contribution is 6.44. The summed E-state index contributed by atoms with van der Waals surface area (Å²) in [6.07, 6.45) is 0.545. The van der Waals surface area contributed by atoms with Gasteiger partial charge in [0.1, 0.15) is 0 Å². The Balaban J connectivity index is 1.51. The summed E-state index contributed by atoms with van der Waals surface area (Å²) in [6.45, 7) is 2.48. The van der Waals surface area contributed by atoms with Crippen LogP contribution in [-0.4, -0.2) is 11.8 Å². The Bertz CT molecular complexity index is 806. The molecule has 0 radical (unpaired) electrons. The lowest BCUT2D eigenvalue weighted by atomic mass is 10.1. The van der Waals surface area contributed by atoms with E-state index < -0.39 is 0 Å². The highest BCUT2D eigenvalue weighted by Gasteiger charge is 2.48. The minimum absolute atomic E-state index is 0.0992. The van der Waals surface area contributed by atoms with Crippen molar-refractivity contribution in [2.75, 3.05) is 5.32 Å². The van der Waals surface area contributed by atoms with E-state index in [1.807, 2.05) is 31.2 Å². The molecule has 2 aromatic rings. The SMILES string of the molecule is Cc1ccc(CNC(=O)C2CC2C(=O)Nc2cccc(Cl)c2Cl)cc1. The van der Waals surface area contributed by atoms with Gasteiger partial charge in [-0.15, -0.1) is 0 Å². The predicted octanol–water partition coefficient (Wildman–Crippen LogP) is 4.19. The van der Waals surface area contributed by atoms with Crippen molar-refractivity contribution in [3.63, 3.8) is 0 Å². The molecule has 4 nitrogen and oxygen atoms in total. The van der Waals surface area contributed by atoms with Crippen LogP contribution < -0.4 is 10.6 Å². The van der Waals surface area contributed by atoms with Crippen molar-refractivity contribution in [2.45, 2.75) is 19.9 Å². The van der Waals surface area contributed by atoms with Crippen LogP contribution in [-0.2, 0) is 16.1 Å². The molecular weight excluding hydrogens is 359 g/mol. The quantitative estimate of drug-likeness (QED) is 0.821. The number of hydrogen-bond acceptors (Lipinski definition) is 2. The van der Waals surface area contributed by atoms with Crippen molar-refractivity contribution in [3.05, 3.63) is 63.6 Å². The van der Waals surface area contributed by atoms with Crippen LogP contribution >= 0.6 is 23.2 Å². The highest BCUT2D eigenvalue weighted by Crippen LogP contribution is 2.40. The van der Waals surface area contributed by atoms with Crippen molar-refractivity contribution in [1.29, 1.82) is 0 Å². The maximum Gasteiger partial charge on any atom is 0.228 e. The molecule has 1 aliphatic carbocycles. The monoisotopic (exact) mass is 376 g/mol. The molecule has 2 unspecified atom stereocenters. The van der Waals surface area contributed by atoms with Gasteiger partial charge in [0, 0.05) is 6.54 Å². The van der Waals surface area contributed by atoms with Gasteiger partial charge in [-0.2, -0.15) is 0 Å². The Morgan fingerprint density at radius 1 is 1.04 bits per heavy atom. The van der Waals surface area contributed by atoms with Crippen LogP contribution in [0.1, 0.15) is 17.5 Å². The fourth-order valence-corrected chi connectivity index (χ4v) is 2.97. The minimum atomic E-state index is -0.326. The molecule has 0 spiro atoms. The molecule has 0 saturated heterocycles.